The van der Waals surface area contributed by atoms with Crippen LogP contribution in [0.4, 0.5) is 18.9 Å². The van der Waals surface area contributed by atoms with Gasteiger partial charge in [-0.15, -0.1) is 0 Å². The highest BCUT2D eigenvalue weighted by Gasteiger charge is 2.31. The van der Waals surface area contributed by atoms with E-state index in [0.29, 0.717) is 5.52 Å². The van der Waals surface area contributed by atoms with Crippen molar-refractivity contribution in [2.45, 2.75) is 37.5 Å². The second-order valence-electron chi connectivity index (χ2n) is 6.51. The zero-order valence-corrected chi connectivity index (χ0v) is 16.7. The summed E-state index contributed by atoms with van der Waals surface area (Å²) in [5.41, 5.74) is -0.532. The molecule has 0 bridgehead atoms. The number of nitro groups is 1. The highest BCUT2D eigenvalue weighted by atomic mass is 32.2. The number of aromatic nitrogens is 2. The van der Waals surface area contributed by atoms with Crippen molar-refractivity contribution in [3.63, 3.8) is 0 Å². The quantitative estimate of drug-likeness (QED) is 0.458. The number of halogens is 3. The Kier molecular flexibility index (Phi) is 5.56. The van der Waals surface area contributed by atoms with Crippen LogP contribution in [0.1, 0.15) is 31.3 Å². The number of nitrogens with zero attached hydrogens (tertiary/aromatic N) is 3. The van der Waals surface area contributed by atoms with Crippen LogP contribution in [0.25, 0.3) is 11.0 Å². The van der Waals surface area contributed by atoms with E-state index in [1.807, 2.05) is 0 Å². The maximum absolute atomic E-state index is 13.0. The molecular weight excluding hydrogens is 425 g/mol. The molecule has 1 heterocycles. The third kappa shape index (κ3) is 4.14. The first-order chi connectivity index (χ1) is 13.9. The van der Waals surface area contributed by atoms with E-state index in [1.54, 1.807) is 6.92 Å². The second-order valence-corrected chi connectivity index (χ2v) is 8.22. The topological polar surface area (TPSA) is 107 Å². The van der Waals surface area contributed by atoms with Crippen molar-refractivity contribution in [3.8, 4) is 0 Å². The number of benzene rings is 2. The molecule has 30 heavy (non-hydrogen) atoms. The molecule has 12 heteroatoms. The minimum atomic E-state index is -4.51. The van der Waals surface area contributed by atoms with E-state index in [4.69, 9.17) is 0 Å². The van der Waals surface area contributed by atoms with Gasteiger partial charge in [0.25, 0.3) is 5.69 Å². The first kappa shape index (κ1) is 21.7. The monoisotopic (exact) mass is 442 g/mol. The molecule has 0 amide bonds. The number of sulfonamides is 1. The van der Waals surface area contributed by atoms with Crippen molar-refractivity contribution in [2.75, 3.05) is 0 Å². The smallest absolute Gasteiger partial charge is 0.327 e. The van der Waals surface area contributed by atoms with Crippen LogP contribution in [0.3, 0.4) is 0 Å². The molecule has 0 aliphatic heterocycles. The van der Waals surface area contributed by atoms with Crippen molar-refractivity contribution in [3.05, 3.63) is 64.0 Å². The molecule has 8 nitrogen and oxygen atoms in total. The SMILES string of the molecule is CCn1c(C(C)NS(=O)(=O)c2ccc([N+](=O)[O-])cc2)nc2ccc(C(F)(F)F)cc21. The van der Waals surface area contributed by atoms with Crippen LogP contribution in [0.2, 0.25) is 0 Å². The van der Waals surface area contributed by atoms with E-state index >= 15 is 0 Å². The fourth-order valence-electron chi connectivity index (χ4n) is 3.08. The third-order valence-electron chi connectivity index (χ3n) is 4.50. The normalized spacial score (nSPS) is 13.5. The van der Waals surface area contributed by atoms with Gasteiger partial charge in [-0.3, -0.25) is 10.1 Å². The molecule has 1 aromatic heterocycles. The lowest BCUT2D eigenvalue weighted by Crippen LogP contribution is -2.28. The van der Waals surface area contributed by atoms with Gasteiger partial charge in [-0.25, -0.2) is 18.1 Å². The summed E-state index contributed by atoms with van der Waals surface area (Å²) in [5, 5.41) is 10.7. The van der Waals surface area contributed by atoms with Crippen LogP contribution in [0, 0.1) is 10.1 Å². The number of fused-ring (bicyclic) bond motifs is 1. The van der Waals surface area contributed by atoms with Crippen molar-refractivity contribution in [1.82, 2.24) is 14.3 Å². The molecule has 0 aliphatic carbocycles. The molecule has 0 radical (unpaired) electrons. The summed E-state index contributed by atoms with van der Waals surface area (Å²) in [6.07, 6.45) is -4.51. The van der Waals surface area contributed by atoms with Gasteiger partial charge in [0.1, 0.15) is 5.82 Å². The summed E-state index contributed by atoms with van der Waals surface area (Å²) >= 11 is 0. The number of nitro benzene ring substituents is 1. The minimum Gasteiger partial charge on any atom is -0.327 e. The Morgan fingerprint density at radius 1 is 1.20 bits per heavy atom. The molecule has 160 valence electrons. The van der Waals surface area contributed by atoms with E-state index in [1.165, 1.54) is 17.6 Å². The Bertz CT molecular complexity index is 1200. The molecule has 1 N–H and O–H groups in total. The Morgan fingerprint density at radius 2 is 1.83 bits per heavy atom. The summed E-state index contributed by atoms with van der Waals surface area (Å²) in [4.78, 5) is 14.2. The van der Waals surface area contributed by atoms with Gasteiger partial charge < -0.3 is 4.57 Å². The average Bonchev–Trinajstić information content (AvgIpc) is 3.05. The van der Waals surface area contributed by atoms with Crippen molar-refractivity contribution < 1.29 is 26.5 Å². The third-order valence-corrected chi connectivity index (χ3v) is 6.06. The van der Waals surface area contributed by atoms with Crippen LogP contribution in [0.5, 0.6) is 0 Å². The summed E-state index contributed by atoms with van der Waals surface area (Å²) in [7, 11) is -4.05. The van der Waals surface area contributed by atoms with Crippen molar-refractivity contribution >= 4 is 26.7 Å². The molecule has 0 fully saturated rings. The minimum absolute atomic E-state index is 0.182. The average molecular weight is 442 g/mol. The standard InChI is InChI=1S/C18H17F3N4O4S/c1-3-24-16-10-12(18(19,20)21)4-9-15(16)22-17(24)11(2)23-30(28,29)14-7-5-13(6-8-14)25(26)27/h4-11,23H,3H2,1-2H3. The van der Waals surface area contributed by atoms with Gasteiger partial charge in [0.05, 0.1) is 32.5 Å². The van der Waals surface area contributed by atoms with Crippen LogP contribution in [-0.4, -0.2) is 22.9 Å². The van der Waals surface area contributed by atoms with E-state index in [0.717, 1.165) is 36.4 Å². The lowest BCUT2D eigenvalue weighted by atomic mass is 10.2. The van der Waals surface area contributed by atoms with Gasteiger partial charge in [0.15, 0.2) is 0 Å². The van der Waals surface area contributed by atoms with Crippen LogP contribution < -0.4 is 4.72 Å². The number of nitrogens with one attached hydrogen (secondary N) is 1. The van der Waals surface area contributed by atoms with Gasteiger partial charge in [-0.2, -0.15) is 13.2 Å². The number of non-ortho nitro benzene ring substituents is 1. The molecular formula is C18H17F3N4O4S. The Morgan fingerprint density at radius 3 is 2.37 bits per heavy atom. The predicted molar refractivity (Wildman–Crippen MR) is 102 cm³/mol. The van der Waals surface area contributed by atoms with Gasteiger partial charge in [-0.05, 0) is 44.2 Å². The van der Waals surface area contributed by atoms with E-state index in [-0.39, 0.29) is 28.5 Å². The second kappa shape index (κ2) is 7.69. The molecule has 2 aromatic carbocycles. The summed E-state index contributed by atoms with van der Waals surface area (Å²) in [6.45, 7) is 3.50. The van der Waals surface area contributed by atoms with Crippen LogP contribution >= 0.6 is 0 Å². The Balaban J connectivity index is 1.96. The number of rotatable bonds is 6. The van der Waals surface area contributed by atoms with Gasteiger partial charge in [0.2, 0.25) is 10.0 Å². The number of hydrogen-bond donors (Lipinski definition) is 1. The summed E-state index contributed by atoms with van der Waals surface area (Å²) < 4.78 is 68.3. The molecule has 0 saturated carbocycles. The highest BCUT2D eigenvalue weighted by molar-refractivity contribution is 7.89. The maximum Gasteiger partial charge on any atom is 0.416 e. The number of hydrogen-bond acceptors (Lipinski definition) is 5. The fourth-order valence-corrected chi connectivity index (χ4v) is 4.28. The van der Waals surface area contributed by atoms with E-state index in [9.17, 15) is 31.7 Å². The van der Waals surface area contributed by atoms with E-state index < -0.39 is 32.7 Å². The summed E-state index contributed by atoms with van der Waals surface area (Å²) in [5.74, 6) is 0.248. The Hall–Kier alpha value is -2.99. The molecule has 1 atom stereocenters. The molecule has 0 saturated heterocycles. The molecule has 3 aromatic rings. The number of alkyl halides is 3. The highest BCUT2D eigenvalue weighted by Crippen LogP contribution is 2.32. The predicted octanol–water partition coefficient (Wildman–Crippen LogP) is 4.02. The van der Waals surface area contributed by atoms with Crippen molar-refractivity contribution in [2.24, 2.45) is 0 Å². The van der Waals surface area contributed by atoms with Crippen LogP contribution in [-0.2, 0) is 22.7 Å². The molecule has 3 rings (SSSR count). The zero-order chi connectivity index (χ0) is 22.3. The van der Waals surface area contributed by atoms with Gasteiger partial charge in [0, 0.05) is 18.7 Å². The van der Waals surface area contributed by atoms with Gasteiger partial charge in [-0.1, -0.05) is 0 Å². The Labute approximate surface area is 169 Å². The fraction of sp³-hybridized carbons (Fsp3) is 0.278. The largest absolute Gasteiger partial charge is 0.416 e. The molecule has 1 unspecified atom stereocenters. The molecule has 0 aliphatic rings. The lowest BCUT2D eigenvalue weighted by Gasteiger charge is -2.16. The number of imidazole rings is 1. The first-order valence-corrected chi connectivity index (χ1v) is 10.3. The first-order valence-electron chi connectivity index (χ1n) is 8.78. The van der Waals surface area contributed by atoms with E-state index in [2.05, 4.69) is 9.71 Å². The molecule has 0 spiro atoms. The maximum atomic E-state index is 13.0. The van der Waals surface area contributed by atoms with Crippen molar-refractivity contribution in [1.29, 1.82) is 0 Å². The summed E-state index contributed by atoms with van der Waals surface area (Å²) in [6, 6.07) is 6.62. The number of aryl methyl sites for hydroxylation is 1. The zero-order valence-electron chi connectivity index (χ0n) is 15.8. The van der Waals surface area contributed by atoms with Crippen LogP contribution in [0.15, 0.2) is 47.4 Å². The lowest BCUT2D eigenvalue weighted by molar-refractivity contribution is -0.384. The van der Waals surface area contributed by atoms with Gasteiger partial charge >= 0.3 is 6.18 Å².